The lowest BCUT2D eigenvalue weighted by Crippen LogP contribution is -2.49. The number of nitro groups is 1. The molecule has 8 nitrogen and oxygen atoms in total. The number of non-ortho nitro benzene ring substituents is 1. The molecule has 0 unspecified atom stereocenters. The number of halogens is 1. The van der Waals surface area contributed by atoms with E-state index in [4.69, 9.17) is 11.6 Å². The number of carbonyl (C=O) groups is 1. The van der Waals surface area contributed by atoms with E-state index >= 15 is 0 Å². The van der Waals surface area contributed by atoms with Gasteiger partial charge in [-0.2, -0.15) is 0 Å². The van der Waals surface area contributed by atoms with E-state index in [0.29, 0.717) is 37.0 Å². The van der Waals surface area contributed by atoms with Gasteiger partial charge in [-0.25, -0.2) is 4.98 Å². The Balaban J connectivity index is 1.31. The fourth-order valence-electron chi connectivity index (χ4n) is 3.44. The van der Waals surface area contributed by atoms with Gasteiger partial charge in [-0.05, 0) is 30.3 Å². The third-order valence-electron chi connectivity index (χ3n) is 5.08. The average Bonchev–Trinajstić information content (AvgIpc) is 3.26. The minimum Gasteiger partial charge on any atom is -0.368 e. The van der Waals surface area contributed by atoms with Gasteiger partial charge in [0.25, 0.3) is 5.69 Å². The zero-order chi connectivity index (χ0) is 21.8. The summed E-state index contributed by atoms with van der Waals surface area (Å²) < 4.78 is 1.91. The number of benzene rings is 2. The summed E-state index contributed by atoms with van der Waals surface area (Å²) in [6.07, 6.45) is 3.55. The lowest BCUT2D eigenvalue weighted by Gasteiger charge is -2.36. The Hall–Kier alpha value is -3.04. The third kappa shape index (κ3) is 5.00. The number of aromatic nitrogens is 2. The Kier molecular flexibility index (Phi) is 6.43. The average molecular weight is 458 g/mol. The molecule has 0 aliphatic carbocycles. The molecule has 0 spiro atoms. The molecule has 2 aromatic carbocycles. The largest absolute Gasteiger partial charge is 0.368 e. The molecule has 4 rings (SSSR count). The molecule has 0 saturated carbocycles. The molecule has 31 heavy (non-hydrogen) atoms. The Morgan fingerprint density at radius 2 is 1.84 bits per heavy atom. The highest BCUT2D eigenvalue weighted by molar-refractivity contribution is 7.99. The van der Waals surface area contributed by atoms with Crippen LogP contribution < -0.4 is 4.90 Å². The molecule has 1 aliphatic heterocycles. The first-order valence-electron chi connectivity index (χ1n) is 9.70. The van der Waals surface area contributed by atoms with Crippen molar-refractivity contribution in [1.82, 2.24) is 14.5 Å². The fraction of sp³-hybridized carbons (Fsp3) is 0.238. The first-order chi connectivity index (χ1) is 15.0. The summed E-state index contributed by atoms with van der Waals surface area (Å²) >= 11 is 7.48. The molecule has 1 fully saturated rings. The van der Waals surface area contributed by atoms with Gasteiger partial charge in [0.05, 0.1) is 10.7 Å². The SMILES string of the molecule is O=C(CSc1nccn1-c1cccc(Cl)c1)N1CCN(c2ccc([N+](=O)[O-])cc2)CC1. The quantitative estimate of drug-likeness (QED) is 0.317. The number of hydrogen-bond donors (Lipinski definition) is 0. The number of carbonyl (C=O) groups excluding carboxylic acids is 1. The second kappa shape index (κ2) is 9.40. The molecule has 10 heteroatoms. The summed E-state index contributed by atoms with van der Waals surface area (Å²) in [7, 11) is 0. The van der Waals surface area contributed by atoms with Crippen LogP contribution in [0.15, 0.2) is 66.1 Å². The van der Waals surface area contributed by atoms with E-state index in [1.54, 1.807) is 18.3 Å². The van der Waals surface area contributed by atoms with Crippen molar-refractivity contribution in [2.24, 2.45) is 0 Å². The van der Waals surface area contributed by atoms with Gasteiger partial charge in [-0.15, -0.1) is 0 Å². The molecule has 3 aromatic rings. The van der Waals surface area contributed by atoms with E-state index in [0.717, 1.165) is 16.5 Å². The smallest absolute Gasteiger partial charge is 0.269 e. The van der Waals surface area contributed by atoms with E-state index in [1.165, 1.54) is 23.9 Å². The van der Waals surface area contributed by atoms with Crippen LogP contribution in [0, 0.1) is 10.1 Å². The number of thioether (sulfide) groups is 1. The number of rotatable bonds is 6. The summed E-state index contributed by atoms with van der Waals surface area (Å²) in [5.41, 5.74) is 1.90. The maximum absolute atomic E-state index is 12.7. The first kappa shape index (κ1) is 21.2. The molecule has 2 heterocycles. The molecule has 0 bridgehead atoms. The molecule has 1 aliphatic rings. The van der Waals surface area contributed by atoms with Gasteiger partial charge in [0, 0.05) is 67.1 Å². The second-order valence-electron chi connectivity index (χ2n) is 6.99. The van der Waals surface area contributed by atoms with Crippen LogP contribution in [0.4, 0.5) is 11.4 Å². The number of nitro benzene ring substituents is 1. The van der Waals surface area contributed by atoms with Crippen molar-refractivity contribution in [2.75, 3.05) is 36.8 Å². The zero-order valence-corrected chi connectivity index (χ0v) is 18.1. The maximum atomic E-state index is 12.7. The van der Waals surface area contributed by atoms with Crippen LogP contribution in [0.1, 0.15) is 0 Å². The highest BCUT2D eigenvalue weighted by atomic mass is 35.5. The summed E-state index contributed by atoms with van der Waals surface area (Å²) in [6.45, 7) is 2.59. The first-order valence-corrected chi connectivity index (χ1v) is 11.1. The number of piperazine rings is 1. The van der Waals surface area contributed by atoms with Gasteiger partial charge in [-0.3, -0.25) is 19.5 Å². The van der Waals surface area contributed by atoms with Crippen molar-refractivity contribution < 1.29 is 9.72 Å². The Labute approximate surface area is 188 Å². The fourth-order valence-corrected chi connectivity index (χ4v) is 4.50. The number of imidazole rings is 1. The second-order valence-corrected chi connectivity index (χ2v) is 8.37. The standard InChI is InChI=1S/C21H20ClN5O3S/c22-16-2-1-3-19(14-16)26-9-8-23-21(26)31-15-20(28)25-12-10-24(11-13-25)17-4-6-18(7-5-17)27(29)30/h1-9,14H,10-13,15H2. The lowest BCUT2D eigenvalue weighted by atomic mass is 10.2. The van der Waals surface area contributed by atoms with Gasteiger partial charge in [0.15, 0.2) is 5.16 Å². The summed E-state index contributed by atoms with van der Waals surface area (Å²) in [5, 5.41) is 12.2. The van der Waals surface area contributed by atoms with Crippen molar-refractivity contribution in [1.29, 1.82) is 0 Å². The molecule has 0 atom stereocenters. The Morgan fingerprint density at radius 1 is 1.10 bits per heavy atom. The molecule has 1 saturated heterocycles. The molecular weight excluding hydrogens is 438 g/mol. The van der Waals surface area contributed by atoms with Crippen molar-refractivity contribution in [2.45, 2.75) is 5.16 Å². The van der Waals surface area contributed by atoms with Gasteiger partial charge in [0.1, 0.15) is 0 Å². The van der Waals surface area contributed by atoms with Crippen LogP contribution in [-0.2, 0) is 4.79 Å². The number of anilines is 1. The Bertz CT molecular complexity index is 1080. The molecule has 1 amide bonds. The van der Waals surface area contributed by atoms with Crippen LogP contribution in [0.5, 0.6) is 0 Å². The molecule has 0 N–H and O–H groups in total. The van der Waals surface area contributed by atoms with E-state index in [2.05, 4.69) is 9.88 Å². The molecule has 1 aromatic heterocycles. The normalized spacial score (nSPS) is 14.0. The van der Waals surface area contributed by atoms with E-state index in [-0.39, 0.29) is 11.6 Å². The summed E-state index contributed by atoms with van der Waals surface area (Å²) in [5.74, 6) is 0.365. The van der Waals surface area contributed by atoms with Crippen molar-refractivity contribution >= 4 is 40.6 Å². The third-order valence-corrected chi connectivity index (χ3v) is 6.26. The van der Waals surface area contributed by atoms with Crippen molar-refractivity contribution in [3.8, 4) is 5.69 Å². The summed E-state index contributed by atoms with van der Waals surface area (Å²) in [4.78, 5) is 31.5. The predicted octanol–water partition coefficient (Wildman–Crippen LogP) is 3.87. The van der Waals surface area contributed by atoms with Gasteiger partial charge < -0.3 is 9.80 Å². The van der Waals surface area contributed by atoms with Crippen LogP contribution >= 0.6 is 23.4 Å². The zero-order valence-electron chi connectivity index (χ0n) is 16.6. The van der Waals surface area contributed by atoms with Crippen LogP contribution in [0.25, 0.3) is 5.69 Å². The van der Waals surface area contributed by atoms with E-state index < -0.39 is 4.92 Å². The minimum absolute atomic E-state index is 0.0639. The Morgan fingerprint density at radius 3 is 2.52 bits per heavy atom. The topological polar surface area (TPSA) is 84.5 Å². The van der Waals surface area contributed by atoms with Crippen LogP contribution in [-0.4, -0.2) is 57.2 Å². The van der Waals surface area contributed by atoms with Gasteiger partial charge >= 0.3 is 0 Å². The molecular formula is C21H20ClN5O3S. The number of amides is 1. The van der Waals surface area contributed by atoms with Gasteiger partial charge in [-0.1, -0.05) is 29.4 Å². The predicted molar refractivity (Wildman–Crippen MR) is 121 cm³/mol. The monoisotopic (exact) mass is 457 g/mol. The summed E-state index contributed by atoms with van der Waals surface area (Å²) in [6, 6.07) is 14.0. The van der Waals surface area contributed by atoms with Crippen LogP contribution in [0.3, 0.4) is 0 Å². The van der Waals surface area contributed by atoms with Gasteiger partial charge in [0.2, 0.25) is 5.91 Å². The lowest BCUT2D eigenvalue weighted by molar-refractivity contribution is -0.384. The number of hydrogen-bond acceptors (Lipinski definition) is 6. The molecule has 160 valence electrons. The highest BCUT2D eigenvalue weighted by Gasteiger charge is 2.22. The van der Waals surface area contributed by atoms with Crippen LogP contribution in [0.2, 0.25) is 5.02 Å². The minimum atomic E-state index is -0.407. The van der Waals surface area contributed by atoms with Crippen molar-refractivity contribution in [3.05, 3.63) is 76.1 Å². The molecule has 0 radical (unpaired) electrons. The number of nitrogens with zero attached hydrogens (tertiary/aromatic N) is 5. The maximum Gasteiger partial charge on any atom is 0.269 e. The van der Waals surface area contributed by atoms with Crippen molar-refractivity contribution in [3.63, 3.8) is 0 Å². The van der Waals surface area contributed by atoms with E-state index in [1.807, 2.05) is 39.9 Å². The highest BCUT2D eigenvalue weighted by Crippen LogP contribution is 2.24. The van der Waals surface area contributed by atoms with E-state index in [9.17, 15) is 14.9 Å².